The number of rotatable bonds is 63. The summed E-state index contributed by atoms with van der Waals surface area (Å²) in [5.74, 6) is -0.881. The van der Waals surface area contributed by atoms with Gasteiger partial charge >= 0.3 is 17.9 Å². The van der Waals surface area contributed by atoms with Crippen molar-refractivity contribution in [2.45, 2.75) is 361 Å². The van der Waals surface area contributed by atoms with Crippen LogP contribution >= 0.6 is 0 Å². The fourth-order valence-electron chi connectivity index (χ4n) is 9.96. The third-order valence-electron chi connectivity index (χ3n) is 15.1. The summed E-state index contributed by atoms with van der Waals surface area (Å²) in [6, 6.07) is 0. The maximum Gasteiger partial charge on any atom is 0.306 e. The highest BCUT2D eigenvalue weighted by molar-refractivity contribution is 5.71. The molecule has 0 aromatic heterocycles. The summed E-state index contributed by atoms with van der Waals surface area (Å²) in [6.07, 6.45) is 87.9. The molecule has 6 nitrogen and oxygen atoms in total. The largest absolute Gasteiger partial charge is 0.462 e. The van der Waals surface area contributed by atoms with Gasteiger partial charge in [0.15, 0.2) is 6.10 Å². The Morgan fingerprint density at radius 2 is 0.481 bits per heavy atom. The van der Waals surface area contributed by atoms with Gasteiger partial charge in [0, 0.05) is 19.3 Å². The van der Waals surface area contributed by atoms with Crippen LogP contribution in [0, 0.1) is 0 Å². The standard InChI is InChI=1S/C73H130O6/c1-4-7-10-13-16-19-22-25-27-29-30-31-32-33-34-35-36-37-38-39-40-41-42-44-45-48-51-54-57-60-63-66-72(75)78-69-70(68-77-71(74)65-62-59-56-53-50-47-24-21-18-15-12-9-6-3)79-73(76)67-64-61-58-55-52-49-46-43-28-26-23-20-17-14-11-8-5-2/h12,15,21-22,24-26,28-30,32-33,70H,4-11,13-14,16-20,23,27,31,34-69H2,1-3H3/b15-12-,24-21-,25-22-,28-26-,30-29-,33-32-. The smallest absolute Gasteiger partial charge is 0.306 e. The second-order valence-corrected chi connectivity index (χ2v) is 23.1. The molecule has 0 aromatic rings. The molecular formula is C73H130O6. The van der Waals surface area contributed by atoms with Crippen molar-refractivity contribution in [1.82, 2.24) is 0 Å². The lowest BCUT2D eigenvalue weighted by molar-refractivity contribution is -0.167. The molecule has 1 unspecified atom stereocenters. The molecule has 458 valence electrons. The van der Waals surface area contributed by atoms with Crippen molar-refractivity contribution < 1.29 is 28.6 Å². The van der Waals surface area contributed by atoms with Gasteiger partial charge in [0.1, 0.15) is 13.2 Å². The van der Waals surface area contributed by atoms with Crippen LogP contribution in [0.25, 0.3) is 0 Å². The molecule has 0 aliphatic carbocycles. The minimum absolute atomic E-state index is 0.0790. The first-order valence-electron chi connectivity index (χ1n) is 34.4. The Morgan fingerprint density at radius 3 is 0.772 bits per heavy atom. The van der Waals surface area contributed by atoms with Crippen LogP contribution in [-0.2, 0) is 28.6 Å². The van der Waals surface area contributed by atoms with Crippen LogP contribution in [0.2, 0.25) is 0 Å². The minimum atomic E-state index is -0.783. The Kier molecular flexibility index (Phi) is 64.7. The molecular weight excluding hydrogens is 973 g/mol. The van der Waals surface area contributed by atoms with Gasteiger partial charge in [0.05, 0.1) is 0 Å². The fourth-order valence-corrected chi connectivity index (χ4v) is 9.96. The number of hydrogen-bond donors (Lipinski definition) is 0. The zero-order valence-corrected chi connectivity index (χ0v) is 52.6. The van der Waals surface area contributed by atoms with E-state index in [1.165, 1.54) is 218 Å². The third kappa shape index (κ3) is 65.5. The number of unbranched alkanes of at least 4 members (excludes halogenated alkanes) is 40. The molecule has 79 heavy (non-hydrogen) atoms. The van der Waals surface area contributed by atoms with E-state index < -0.39 is 6.10 Å². The molecule has 0 saturated carbocycles. The van der Waals surface area contributed by atoms with Crippen molar-refractivity contribution in [2.24, 2.45) is 0 Å². The molecule has 0 radical (unpaired) electrons. The summed E-state index contributed by atoms with van der Waals surface area (Å²) in [5, 5.41) is 0. The van der Waals surface area contributed by atoms with Crippen molar-refractivity contribution in [3.63, 3.8) is 0 Å². The maximum atomic E-state index is 12.9. The Morgan fingerprint density at radius 1 is 0.253 bits per heavy atom. The quantitative estimate of drug-likeness (QED) is 0.0261. The van der Waals surface area contributed by atoms with Gasteiger partial charge in [0.2, 0.25) is 0 Å². The van der Waals surface area contributed by atoms with Crippen molar-refractivity contribution in [3.8, 4) is 0 Å². The molecule has 0 amide bonds. The Labute approximate surface area is 491 Å². The summed E-state index contributed by atoms with van der Waals surface area (Å²) in [7, 11) is 0. The van der Waals surface area contributed by atoms with E-state index in [1.807, 2.05) is 0 Å². The molecule has 0 aliphatic rings. The zero-order chi connectivity index (χ0) is 57.1. The van der Waals surface area contributed by atoms with Crippen LogP contribution < -0.4 is 0 Å². The van der Waals surface area contributed by atoms with Crippen LogP contribution in [0.15, 0.2) is 72.9 Å². The lowest BCUT2D eigenvalue weighted by Crippen LogP contribution is -2.30. The molecule has 0 aromatic carbocycles. The highest BCUT2D eigenvalue weighted by Gasteiger charge is 2.19. The second-order valence-electron chi connectivity index (χ2n) is 23.1. The van der Waals surface area contributed by atoms with Crippen LogP contribution in [0.3, 0.4) is 0 Å². The summed E-state index contributed by atoms with van der Waals surface area (Å²) in [5.41, 5.74) is 0. The molecule has 1 atom stereocenters. The highest BCUT2D eigenvalue weighted by atomic mass is 16.6. The number of ether oxygens (including phenoxy) is 3. The number of allylic oxidation sites excluding steroid dienone is 12. The first kappa shape index (κ1) is 75.8. The first-order chi connectivity index (χ1) is 39.0. The molecule has 0 aliphatic heterocycles. The predicted octanol–water partition coefficient (Wildman–Crippen LogP) is 23.7. The van der Waals surface area contributed by atoms with Crippen LogP contribution in [0.4, 0.5) is 0 Å². The maximum absolute atomic E-state index is 12.9. The summed E-state index contributed by atoms with van der Waals surface area (Å²) in [6.45, 7) is 6.59. The summed E-state index contributed by atoms with van der Waals surface area (Å²) < 4.78 is 16.9. The highest BCUT2D eigenvalue weighted by Crippen LogP contribution is 2.17. The fraction of sp³-hybridized carbons (Fsp3) is 0.795. The Hall–Kier alpha value is -3.15. The molecule has 0 fully saturated rings. The van der Waals surface area contributed by atoms with E-state index >= 15 is 0 Å². The van der Waals surface area contributed by atoms with Crippen molar-refractivity contribution >= 4 is 17.9 Å². The molecule has 0 heterocycles. The van der Waals surface area contributed by atoms with Crippen LogP contribution in [-0.4, -0.2) is 37.2 Å². The SMILES string of the molecule is CCC/C=C\C/C=C\CCCCCCCC(=O)OCC(COC(=O)CCCCCCCCCCCCCCCCCC/C=C\C/C=C\C/C=C\CCCCCCC)OC(=O)CCCCCCCCC/C=C\CCCCCCCC. The van der Waals surface area contributed by atoms with E-state index in [-0.39, 0.29) is 31.1 Å². The molecule has 0 bridgehead atoms. The number of hydrogen-bond acceptors (Lipinski definition) is 6. The van der Waals surface area contributed by atoms with Crippen LogP contribution in [0.5, 0.6) is 0 Å². The number of esters is 3. The molecule has 0 saturated heterocycles. The van der Waals surface area contributed by atoms with Gasteiger partial charge < -0.3 is 14.2 Å². The summed E-state index contributed by atoms with van der Waals surface area (Å²) in [4.78, 5) is 38.3. The van der Waals surface area contributed by atoms with E-state index in [0.717, 1.165) is 96.3 Å². The number of carbonyl (C=O) groups is 3. The Balaban J connectivity index is 4.19. The second kappa shape index (κ2) is 67.4. The molecule has 6 heteroatoms. The molecule has 0 spiro atoms. The summed E-state index contributed by atoms with van der Waals surface area (Å²) >= 11 is 0. The normalized spacial score (nSPS) is 12.5. The molecule has 0 rings (SSSR count). The van der Waals surface area contributed by atoms with E-state index in [1.54, 1.807) is 0 Å². The first-order valence-corrected chi connectivity index (χ1v) is 34.4. The van der Waals surface area contributed by atoms with E-state index in [4.69, 9.17) is 14.2 Å². The van der Waals surface area contributed by atoms with Crippen molar-refractivity contribution in [1.29, 1.82) is 0 Å². The van der Waals surface area contributed by atoms with Gasteiger partial charge in [-0.2, -0.15) is 0 Å². The Bertz CT molecular complexity index is 1450. The average Bonchev–Trinajstić information content (AvgIpc) is 3.45. The van der Waals surface area contributed by atoms with Gasteiger partial charge in [-0.15, -0.1) is 0 Å². The van der Waals surface area contributed by atoms with E-state index in [9.17, 15) is 14.4 Å². The van der Waals surface area contributed by atoms with Gasteiger partial charge in [0.25, 0.3) is 0 Å². The number of carbonyl (C=O) groups excluding carboxylic acids is 3. The monoisotopic (exact) mass is 1100 g/mol. The van der Waals surface area contributed by atoms with Crippen LogP contribution in [0.1, 0.15) is 355 Å². The molecule has 0 N–H and O–H groups in total. The van der Waals surface area contributed by atoms with Crippen molar-refractivity contribution in [2.75, 3.05) is 13.2 Å². The lowest BCUT2D eigenvalue weighted by atomic mass is 10.0. The van der Waals surface area contributed by atoms with E-state index in [0.29, 0.717) is 19.3 Å². The minimum Gasteiger partial charge on any atom is -0.462 e. The van der Waals surface area contributed by atoms with Gasteiger partial charge in [-0.25, -0.2) is 0 Å². The topological polar surface area (TPSA) is 78.9 Å². The predicted molar refractivity (Wildman–Crippen MR) is 344 cm³/mol. The van der Waals surface area contributed by atoms with Crippen molar-refractivity contribution in [3.05, 3.63) is 72.9 Å². The average molecular weight is 1100 g/mol. The van der Waals surface area contributed by atoms with Gasteiger partial charge in [-0.05, 0) is 109 Å². The van der Waals surface area contributed by atoms with Gasteiger partial charge in [-0.3, -0.25) is 14.4 Å². The van der Waals surface area contributed by atoms with E-state index in [2.05, 4.69) is 93.7 Å². The third-order valence-corrected chi connectivity index (χ3v) is 15.1. The lowest BCUT2D eigenvalue weighted by Gasteiger charge is -2.18. The van der Waals surface area contributed by atoms with Gasteiger partial charge in [-0.1, -0.05) is 299 Å². The zero-order valence-electron chi connectivity index (χ0n) is 52.6.